The standard InChI is InChI=1S/C21H28N2OS/c1-14(2)19(22)21(24)23-16(4)18-12-8-9-15(3)20(18)25-13-17-10-6-5-7-11-17/h5-12,14,16,19H,13,22H2,1-4H3,(H,23,24)/t16?,19-/m0/s1. The van der Waals surface area contributed by atoms with Gasteiger partial charge in [0.05, 0.1) is 12.1 Å². The molecule has 0 heterocycles. The van der Waals surface area contributed by atoms with Crippen LogP contribution in [0.5, 0.6) is 0 Å². The summed E-state index contributed by atoms with van der Waals surface area (Å²) in [6.07, 6.45) is 0. The van der Waals surface area contributed by atoms with E-state index in [1.165, 1.54) is 16.0 Å². The molecule has 1 amide bonds. The summed E-state index contributed by atoms with van der Waals surface area (Å²) in [6, 6.07) is 16.1. The Bertz CT molecular complexity index is 700. The summed E-state index contributed by atoms with van der Waals surface area (Å²) in [6.45, 7) is 8.06. The summed E-state index contributed by atoms with van der Waals surface area (Å²) in [5, 5.41) is 3.07. The van der Waals surface area contributed by atoms with Crippen LogP contribution in [0, 0.1) is 12.8 Å². The topological polar surface area (TPSA) is 55.1 Å². The molecule has 0 radical (unpaired) electrons. The van der Waals surface area contributed by atoms with Crippen LogP contribution < -0.4 is 11.1 Å². The predicted octanol–water partition coefficient (Wildman–Crippen LogP) is 4.45. The van der Waals surface area contributed by atoms with E-state index in [-0.39, 0.29) is 17.9 Å². The molecule has 4 heteroatoms. The van der Waals surface area contributed by atoms with Crippen LogP contribution in [-0.2, 0) is 10.5 Å². The third-order valence-electron chi connectivity index (χ3n) is 4.31. The Morgan fingerprint density at radius 3 is 2.40 bits per heavy atom. The number of thioether (sulfide) groups is 1. The molecule has 2 rings (SSSR count). The van der Waals surface area contributed by atoms with Crippen molar-refractivity contribution in [1.29, 1.82) is 0 Å². The van der Waals surface area contributed by atoms with Gasteiger partial charge in [-0.15, -0.1) is 11.8 Å². The van der Waals surface area contributed by atoms with Gasteiger partial charge in [0, 0.05) is 10.6 Å². The van der Waals surface area contributed by atoms with Gasteiger partial charge in [-0.05, 0) is 36.5 Å². The summed E-state index contributed by atoms with van der Waals surface area (Å²) < 4.78 is 0. The molecule has 0 fully saturated rings. The van der Waals surface area contributed by atoms with E-state index in [0.29, 0.717) is 0 Å². The smallest absolute Gasteiger partial charge is 0.237 e. The highest BCUT2D eigenvalue weighted by molar-refractivity contribution is 7.98. The molecule has 0 aliphatic carbocycles. The zero-order chi connectivity index (χ0) is 18.4. The monoisotopic (exact) mass is 356 g/mol. The predicted molar refractivity (Wildman–Crippen MR) is 107 cm³/mol. The minimum atomic E-state index is -0.479. The van der Waals surface area contributed by atoms with Gasteiger partial charge in [0.1, 0.15) is 0 Å². The van der Waals surface area contributed by atoms with Crippen molar-refractivity contribution < 1.29 is 4.79 Å². The van der Waals surface area contributed by atoms with Crippen LogP contribution in [0.2, 0.25) is 0 Å². The minimum absolute atomic E-state index is 0.0736. The van der Waals surface area contributed by atoms with Gasteiger partial charge in [0.15, 0.2) is 0 Å². The molecule has 0 saturated carbocycles. The Balaban J connectivity index is 2.14. The number of aryl methyl sites for hydroxylation is 1. The van der Waals surface area contributed by atoms with Crippen LogP contribution in [0.1, 0.15) is 43.5 Å². The van der Waals surface area contributed by atoms with Crippen molar-refractivity contribution in [3.8, 4) is 0 Å². The first kappa shape index (κ1) is 19.5. The second-order valence-corrected chi connectivity index (χ2v) is 7.75. The van der Waals surface area contributed by atoms with Gasteiger partial charge in [0.2, 0.25) is 5.91 Å². The molecule has 0 bridgehead atoms. The van der Waals surface area contributed by atoms with Gasteiger partial charge in [-0.1, -0.05) is 62.4 Å². The molecular weight excluding hydrogens is 328 g/mol. The normalized spacial score (nSPS) is 13.5. The molecule has 3 N–H and O–H groups in total. The number of carbonyl (C=O) groups is 1. The van der Waals surface area contributed by atoms with Gasteiger partial charge in [-0.3, -0.25) is 4.79 Å². The maximum Gasteiger partial charge on any atom is 0.237 e. The van der Waals surface area contributed by atoms with Crippen molar-refractivity contribution in [2.75, 3.05) is 0 Å². The van der Waals surface area contributed by atoms with Crippen molar-refractivity contribution in [1.82, 2.24) is 5.32 Å². The number of amides is 1. The van der Waals surface area contributed by atoms with E-state index in [9.17, 15) is 4.79 Å². The molecule has 25 heavy (non-hydrogen) atoms. The van der Waals surface area contributed by atoms with Crippen molar-refractivity contribution in [3.05, 3.63) is 65.2 Å². The zero-order valence-electron chi connectivity index (χ0n) is 15.5. The first-order valence-corrected chi connectivity index (χ1v) is 9.71. The third-order valence-corrected chi connectivity index (χ3v) is 5.64. The van der Waals surface area contributed by atoms with E-state index in [1.54, 1.807) is 0 Å². The fourth-order valence-electron chi connectivity index (χ4n) is 2.63. The SMILES string of the molecule is Cc1cccc(C(C)NC(=O)[C@@H](N)C(C)C)c1SCc1ccccc1. The Morgan fingerprint density at radius 1 is 1.08 bits per heavy atom. The second kappa shape index (κ2) is 9.07. The van der Waals surface area contributed by atoms with Gasteiger partial charge in [-0.2, -0.15) is 0 Å². The summed E-state index contributed by atoms with van der Waals surface area (Å²) in [7, 11) is 0. The molecule has 1 unspecified atom stereocenters. The molecule has 2 aromatic rings. The van der Waals surface area contributed by atoms with Crippen LogP contribution in [0.15, 0.2) is 53.4 Å². The number of benzene rings is 2. The highest BCUT2D eigenvalue weighted by atomic mass is 32.2. The van der Waals surface area contributed by atoms with E-state index in [0.717, 1.165) is 11.3 Å². The molecule has 0 aromatic heterocycles. The maximum absolute atomic E-state index is 12.3. The Morgan fingerprint density at radius 2 is 1.76 bits per heavy atom. The van der Waals surface area contributed by atoms with Crippen LogP contribution in [0.3, 0.4) is 0 Å². The lowest BCUT2D eigenvalue weighted by molar-refractivity contribution is -0.123. The molecule has 0 aliphatic heterocycles. The quantitative estimate of drug-likeness (QED) is 0.721. The number of hydrogen-bond donors (Lipinski definition) is 2. The lowest BCUT2D eigenvalue weighted by Crippen LogP contribution is -2.44. The Hall–Kier alpha value is -1.78. The first-order valence-electron chi connectivity index (χ1n) is 8.72. The van der Waals surface area contributed by atoms with E-state index in [4.69, 9.17) is 5.73 Å². The summed E-state index contributed by atoms with van der Waals surface area (Å²) in [4.78, 5) is 13.5. The Labute approximate surface area is 155 Å². The van der Waals surface area contributed by atoms with Crippen molar-refractivity contribution >= 4 is 17.7 Å². The van der Waals surface area contributed by atoms with E-state index in [2.05, 4.69) is 48.6 Å². The van der Waals surface area contributed by atoms with Gasteiger partial charge in [0.25, 0.3) is 0 Å². The van der Waals surface area contributed by atoms with Crippen LogP contribution in [0.4, 0.5) is 0 Å². The first-order chi connectivity index (χ1) is 11.9. The average Bonchev–Trinajstić information content (AvgIpc) is 2.60. The molecule has 0 aliphatic rings. The Kier molecular flexibility index (Phi) is 7.09. The molecule has 0 spiro atoms. The summed E-state index contributed by atoms with van der Waals surface area (Å²) in [5.41, 5.74) is 9.64. The largest absolute Gasteiger partial charge is 0.348 e. The fraction of sp³-hybridized carbons (Fsp3) is 0.381. The van der Waals surface area contributed by atoms with E-state index < -0.39 is 6.04 Å². The van der Waals surface area contributed by atoms with Crippen molar-refractivity contribution in [2.45, 2.75) is 50.4 Å². The highest BCUT2D eigenvalue weighted by Gasteiger charge is 2.21. The maximum atomic E-state index is 12.3. The van der Waals surface area contributed by atoms with Crippen molar-refractivity contribution in [3.63, 3.8) is 0 Å². The van der Waals surface area contributed by atoms with E-state index in [1.807, 2.05) is 44.7 Å². The van der Waals surface area contributed by atoms with Crippen molar-refractivity contribution in [2.24, 2.45) is 11.7 Å². The number of nitrogens with one attached hydrogen (secondary N) is 1. The zero-order valence-corrected chi connectivity index (χ0v) is 16.3. The molecular formula is C21H28N2OS. The van der Waals surface area contributed by atoms with E-state index >= 15 is 0 Å². The van der Waals surface area contributed by atoms with Crippen LogP contribution in [-0.4, -0.2) is 11.9 Å². The minimum Gasteiger partial charge on any atom is -0.348 e. The highest BCUT2D eigenvalue weighted by Crippen LogP contribution is 2.33. The lowest BCUT2D eigenvalue weighted by Gasteiger charge is -2.22. The molecule has 0 saturated heterocycles. The lowest BCUT2D eigenvalue weighted by atomic mass is 10.0. The third kappa shape index (κ3) is 5.35. The van der Waals surface area contributed by atoms with Gasteiger partial charge < -0.3 is 11.1 Å². The van der Waals surface area contributed by atoms with Gasteiger partial charge >= 0.3 is 0 Å². The molecule has 134 valence electrons. The molecule has 3 nitrogen and oxygen atoms in total. The fourth-order valence-corrected chi connectivity index (χ4v) is 3.84. The number of nitrogens with two attached hydrogens (primary N) is 1. The summed E-state index contributed by atoms with van der Waals surface area (Å²) >= 11 is 1.81. The average molecular weight is 357 g/mol. The number of rotatable bonds is 7. The molecule has 2 atom stereocenters. The number of carbonyl (C=O) groups excluding carboxylic acids is 1. The van der Waals surface area contributed by atoms with Crippen LogP contribution >= 0.6 is 11.8 Å². The number of hydrogen-bond acceptors (Lipinski definition) is 3. The second-order valence-electron chi connectivity index (χ2n) is 6.77. The molecule has 2 aromatic carbocycles. The van der Waals surface area contributed by atoms with Gasteiger partial charge in [-0.25, -0.2) is 0 Å². The van der Waals surface area contributed by atoms with Crippen LogP contribution in [0.25, 0.3) is 0 Å². The summed E-state index contributed by atoms with van der Waals surface area (Å²) in [5.74, 6) is 0.935.